The van der Waals surface area contributed by atoms with Crippen LogP contribution in [-0.2, 0) is 4.79 Å². The van der Waals surface area contributed by atoms with Crippen molar-refractivity contribution >= 4 is 17.5 Å². The van der Waals surface area contributed by atoms with Crippen molar-refractivity contribution < 1.29 is 14.3 Å². The molecule has 1 atom stereocenters. The van der Waals surface area contributed by atoms with Crippen molar-refractivity contribution in [2.75, 3.05) is 18.4 Å². The summed E-state index contributed by atoms with van der Waals surface area (Å²) < 4.78 is 5.80. The fourth-order valence-corrected chi connectivity index (χ4v) is 3.39. The van der Waals surface area contributed by atoms with Crippen LogP contribution in [0.3, 0.4) is 0 Å². The van der Waals surface area contributed by atoms with Crippen LogP contribution in [0.25, 0.3) is 0 Å². The Bertz CT molecular complexity index is 826. The van der Waals surface area contributed by atoms with Gasteiger partial charge in [0, 0.05) is 13.1 Å². The lowest BCUT2D eigenvalue weighted by Crippen LogP contribution is -2.34. The fourth-order valence-electron chi connectivity index (χ4n) is 3.39. The first-order valence-electron chi connectivity index (χ1n) is 9.97. The summed E-state index contributed by atoms with van der Waals surface area (Å²) in [6, 6.07) is 14.8. The van der Waals surface area contributed by atoms with Gasteiger partial charge >= 0.3 is 0 Å². The van der Waals surface area contributed by atoms with Crippen LogP contribution in [-0.4, -0.2) is 35.9 Å². The molecule has 3 rings (SSSR count). The number of anilines is 1. The van der Waals surface area contributed by atoms with Crippen molar-refractivity contribution in [1.29, 1.82) is 0 Å². The third-order valence-electron chi connectivity index (χ3n) is 5.08. The molecule has 0 saturated carbocycles. The summed E-state index contributed by atoms with van der Waals surface area (Å²) in [5, 5.41) is 2.87. The molecule has 1 saturated heterocycles. The molecule has 2 amide bonds. The molecule has 148 valence electrons. The molecular weight excluding hydrogens is 352 g/mol. The summed E-state index contributed by atoms with van der Waals surface area (Å²) in [4.78, 5) is 27.6. The van der Waals surface area contributed by atoms with E-state index in [1.54, 1.807) is 19.1 Å². The number of hydrogen-bond donors (Lipinski definition) is 1. The number of nitrogens with one attached hydrogen (secondary N) is 1. The SMILES string of the molecule is Cc1ccccc1O[C@H](C)C(=O)Nc1ccccc1C(=O)N1CCCCCC1. The second-order valence-electron chi connectivity index (χ2n) is 7.27. The van der Waals surface area contributed by atoms with Gasteiger partial charge in [-0.05, 0) is 50.5 Å². The van der Waals surface area contributed by atoms with E-state index in [2.05, 4.69) is 5.32 Å². The maximum Gasteiger partial charge on any atom is 0.265 e. The number of para-hydroxylation sites is 2. The molecule has 1 heterocycles. The molecule has 28 heavy (non-hydrogen) atoms. The zero-order valence-electron chi connectivity index (χ0n) is 16.6. The standard InChI is InChI=1S/C23H28N2O3/c1-17-11-5-8-14-21(17)28-18(2)22(26)24-20-13-7-6-12-19(20)23(27)25-15-9-3-4-10-16-25/h5-8,11-14,18H,3-4,9-10,15-16H2,1-2H3,(H,24,26)/t18-/m1/s1. The van der Waals surface area contributed by atoms with Crippen LogP contribution in [0.1, 0.15) is 48.5 Å². The van der Waals surface area contributed by atoms with Gasteiger partial charge in [0.05, 0.1) is 11.3 Å². The number of carbonyl (C=O) groups excluding carboxylic acids is 2. The Hall–Kier alpha value is -2.82. The molecule has 0 aliphatic carbocycles. The number of likely N-dealkylation sites (tertiary alicyclic amines) is 1. The summed E-state index contributed by atoms with van der Waals surface area (Å²) in [5.74, 6) is 0.378. The normalized spacial score (nSPS) is 15.4. The molecule has 1 aliphatic rings. The van der Waals surface area contributed by atoms with Crippen LogP contribution in [0.4, 0.5) is 5.69 Å². The first-order valence-corrected chi connectivity index (χ1v) is 9.97. The highest BCUT2D eigenvalue weighted by Gasteiger charge is 2.22. The topological polar surface area (TPSA) is 58.6 Å². The molecule has 1 fully saturated rings. The van der Waals surface area contributed by atoms with Crippen molar-refractivity contribution in [3.8, 4) is 5.75 Å². The van der Waals surface area contributed by atoms with E-state index in [4.69, 9.17) is 4.74 Å². The van der Waals surface area contributed by atoms with Gasteiger partial charge in [-0.15, -0.1) is 0 Å². The zero-order chi connectivity index (χ0) is 19.9. The Labute approximate surface area is 166 Å². The van der Waals surface area contributed by atoms with E-state index in [1.165, 1.54) is 0 Å². The Kier molecular flexibility index (Phi) is 6.69. The quantitative estimate of drug-likeness (QED) is 0.835. The Morgan fingerprint density at radius 2 is 1.61 bits per heavy atom. The summed E-state index contributed by atoms with van der Waals surface area (Å²) in [7, 11) is 0. The molecule has 1 aliphatic heterocycles. The fraction of sp³-hybridized carbons (Fsp3) is 0.391. The molecule has 0 unspecified atom stereocenters. The summed E-state index contributed by atoms with van der Waals surface area (Å²) in [5.41, 5.74) is 2.03. The first kappa shape index (κ1) is 19.9. The minimum Gasteiger partial charge on any atom is -0.481 e. The van der Waals surface area contributed by atoms with Crippen molar-refractivity contribution in [3.63, 3.8) is 0 Å². The van der Waals surface area contributed by atoms with Crippen LogP contribution in [0.2, 0.25) is 0 Å². The van der Waals surface area contributed by atoms with Crippen molar-refractivity contribution in [2.45, 2.75) is 45.6 Å². The van der Waals surface area contributed by atoms with E-state index < -0.39 is 6.10 Å². The van der Waals surface area contributed by atoms with E-state index in [0.717, 1.165) is 44.3 Å². The van der Waals surface area contributed by atoms with Crippen molar-refractivity contribution in [1.82, 2.24) is 4.90 Å². The average Bonchev–Trinajstić information content (AvgIpc) is 2.99. The van der Waals surface area contributed by atoms with E-state index in [9.17, 15) is 9.59 Å². The van der Waals surface area contributed by atoms with E-state index in [1.807, 2.05) is 48.2 Å². The molecule has 0 radical (unpaired) electrons. The van der Waals surface area contributed by atoms with Gasteiger partial charge in [0.25, 0.3) is 11.8 Å². The Morgan fingerprint density at radius 3 is 2.32 bits per heavy atom. The lowest BCUT2D eigenvalue weighted by molar-refractivity contribution is -0.122. The van der Waals surface area contributed by atoms with Gasteiger partial charge in [0.15, 0.2) is 6.10 Å². The van der Waals surface area contributed by atoms with Crippen molar-refractivity contribution in [2.24, 2.45) is 0 Å². The molecule has 0 spiro atoms. The van der Waals surface area contributed by atoms with Gasteiger partial charge in [-0.2, -0.15) is 0 Å². The number of ether oxygens (including phenoxy) is 1. The van der Waals surface area contributed by atoms with Gasteiger partial charge in [0.2, 0.25) is 0 Å². The highest BCUT2D eigenvalue weighted by Crippen LogP contribution is 2.22. The van der Waals surface area contributed by atoms with Gasteiger partial charge in [-0.1, -0.05) is 43.2 Å². The predicted molar refractivity (Wildman–Crippen MR) is 111 cm³/mol. The average molecular weight is 380 g/mol. The highest BCUT2D eigenvalue weighted by molar-refractivity contribution is 6.04. The lowest BCUT2D eigenvalue weighted by atomic mass is 10.1. The smallest absolute Gasteiger partial charge is 0.265 e. The summed E-state index contributed by atoms with van der Waals surface area (Å²) >= 11 is 0. The second kappa shape index (κ2) is 9.40. The molecule has 5 heteroatoms. The molecule has 0 bridgehead atoms. The van der Waals surface area contributed by atoms with Crippen LogP contribution in [0, 0.1) is 6.92 Å². The predicted octanol–water partition coefficient (Wildman–Crippen LogP) is 4.42. The largest absolute Gasteiger partial charge is 0.481 e. The maximum absolute atomic E-state index is 13.0. The second-order valence-corrected chi connectivity index (χ2v) is 7.27. The molecule has 1 N–H and O–H groups in total. The zero-order valence-corrected chi connectivity index (χ0v) is 16.6. The van der Waals surface area contributed by atoms with Crippen molar-refractivity contribution in [3.05, 3.63) is 59.7 Å². The van der Waals surface area contributed by atoms with Gasteiger partial charge in [-0.3, -0.25) is 9.59 Å². The number of rotatable bonds is 5. The number of benzene rings is 2. The van der Waals surface area contributed by atoms with E-state index in [-0.39, 0.29) is 11.8 Å². The highest BCUT2D eigenvalue weighted by atomic mass is 16.5. The molecule has 2 aromatic carbocycles. The molecule has 0 aromatic heterocycles. The minimum absolute atomic E-state index is 0.0229. The maximum atomic E-state index is 13.0. The lowest BCUT2D eigenvalue weighted by Gasteiger charge is -2.22. The third-order valence-corrected chi connectivity index (χ3v) is 5.08. The number of hydrogen-bond acceptors (Lipinski definition) is 3. The molecule has 2 aromatic rings. The van der Waals surface area contributed by atoms with Crippen LogP contribution in [0.5, 0.6) is 5.75 Å². The van der Waals surface area contributed by atoms with Crippen LogP contribution in [0.15, 0.2) is 48.5 Å². The Balaban J connectivity index is 1.71. The third kappa shape index (κ3) is 4.91. The van der Waals surface area contributed by atoms with Crippen LogP contribution >= 0.6 is 0 Å². The number of carbonyl (C=O) groups is 2. The number of amides is 2. The van der Waals surface area contributed by atoms with E-state index >= 15 is 0 Å². The molecule has 5 nitrogen and oxygen atoms in total. The summed E-state index contributed by atoms with van der Waals surface area (Å²) in [6.45, 7) is 5.19. The van der Waals surface area contributed by atoms with Gasteiger partial charge in [0.1, 0.15) is 5.75 Å². The summed E-state index contributed by atoms with van der Waals surface area (Å²) in [6.07, 6.45) is 3.71. The van der Waals surface area contributed by atoms with Gasteiger partial charge < -0.3 is 15.0 Å². The number of nitrogens with zero attached hydrogens (tertiary/aromatic N) is 1. The Morgan fingerprint density at radius 1 is 0.964 bits per heavy atom. The number of aryl methyl sites for hydroxylation is 1. The minimum atomic E-state index is -0.678. The van der Waals surface area contributed by atoms with Gasteiger partial charge in [-0.25, -0.2) is 0 Å². The monoisotopic (exact) mass is 380 g/mol. The molecular formula is C23H28N2O3. The first-order chi connectivity index (χ1) is 13.6. The van der Waals surface area contributed by atoms with Crippen LogP contribution < -0.4 is 10.1 Å². The van der Waals surface area contributed by atoms with E-state index in [0.29, 0.717) is 17.0 Å².